The van der Waals surface area contributed by atoms with Crippen molar-refractivity contribution in [1.82, 2.24) is 10.2 Å². The molecular weight excluding hydrogens is 504 g/mol. The number of thioether (sulfide) groups is 1. The largest absolute Gasteiger partial charge is 0.416 e. The van der Waals surface area contributed by atoms with Crippen molar-refractivity contribution in [1.29, 1.82) is 0 Å². The van der Waals surface area contributed by atoms with E-state index >= 15 is 0 Å². The summed E-state index contributed by atoms with van der Waals surface area (Å²) in [5.74, 6) is -1.26. The third-order valence-corrected chi connectivity index (χ3v) is 7.55. The lowest BCUT2D eigenvalue weighted by molar-refractivity contribution is -0.137. The third-order valence-electron chi connectivity index (χ3n) is 6.23. The van der Waals surface area contributed by atoms with Crippen LogP contribution in [0.15, 0.2) is 78.9 Å². The number of hydrogen-bond acceptors (Lipinski definition) is 3. The molecule has 2 amide bonds. The van der Waals surface area contributed by atoms with E-state index in [1.165, 1.54) is 47.0 Å². The molecule has 0 bridgehead atoms. The zero-order valence-electron chi connectivity index (χ0n) is 20.0. The Labute approximate surface area is 217 Å². The first-order chi connectivity index (χ1) is 17.6. The molecule has 194 valence electrons. The summed E-state index contributed by atoms with van der Waals surface area (Å²) in [4.78, 5) is 28.2. The molecule has 0 spiro atoms. The molecule has 3 unspecified atom stereocenters. The molecular formula is C28H26F4N2O2S. The number of alkyl halides is 3. The van der Waals surface area contributed by atoms with Gasteiger partial charge in [0.05, 0.1) is 5.56 Å². The van der Waals surface area contributed by atoms with E-state index in [0.29, 0.717) is 12.0 Å². The fraction of sp³-hybridized carbons (Fsp3) is 0.286. The van der Waals surface area contributed by atoms with E-state index in [9.17, 15) is 27.2 Å². The Hall–Kier alpha value is -3.33. The van der Waals surface area contributed by atoms with Crippen molar-refractivity contribution < 1.29 is 27.2 Å². The van der Waals surface area contributed by atoms with Crippen LogP contribution in [0.25, 0.3) is 0 Å². The summed E-state index contributed by atoms with van der Waals surface area (Å²) in [5, 5.41) is 2.27. The van der Waals surface area contributed by atoms with Gasteiger partial charge in [0.1, 0.15) is 17.2 Å². The maximum Gasteiger partial charge on any atom is 0.416 e. The topological polar surface area (TPSA) is 49.4 Å². The monoisotopic (exact) mass is 530 g/mol. The van der Waals surface area contributed by atoms with Gasteiger partial charge >= 0.3 is 6.18 Å². The van der Waals surface area contributed by atoms with Gasteiger partial charge in [-0.25, -0.2) is 4.39 Å². The molecule has 0 saturated carbocycles. The van der Waals surface area contributed by atoms with Crippen LogP contribution in [0.1, 0.15) is 45.8 Å². The van der Waals surface area contributed by atoms with Crippen molar-refractivity contribution in [3.05, 3.63) is 107 Å². The van der Waals surface area contributed by atoms with Crippen molar-refractivity contribution in [2.45, 2.75) is 43.4 Å². The molecule has 0 aliphatic carbocycles. The summed E-state index contributed by atoms with van der Waals surface area (Å²) >= 11 is 1.29. The van der Waals surface area contributed by atoms with Gasteiger partial charge in [-0.2, -0.15) is 13.2 Å². The molecule has 0 aromatic heterocycles. The van der Waals surface area contributed by atoms with Crippen LogP contribution in [-0.2, 0) is 17.4 Å². The van der Waals surface area contributed by atoms with Crippen molar-refractivity contribution in [3.8, 4) is 0 Å². The molecule has 1 N–H and O–H groups in total. The van der Waals surface area contributed by atoms with Gasteiger partial charge in [-0.3, -0.25) is 9.59 Å². The number of benzene rings is 3. The molecule has 1 saturated heterocycles. The van der Waals surface area contributed by atoms with Gasteiger partial charge < -0.3 is 10.2 Å². The Balaban J connectivity index is 1.55. The van der Waals surface area contributed by atoms with Crippen molar-refractivity contribution in [3.63, 3.8) is 0 Å². The van der Waals surface area contributed by atoms with Crippen LogP contribution in [0.3, 0.4) is 0 Å². The second-order valence-electron chi connectivity index (χ2n) is 8.98. The van der Waals surface area contributed by atoms with E-state index in [1.807, 2.05) is 37.3 Å². The summed E-state index contributed by atoms with van der Waals surface area (Å²) in [6.45, 7) is 1.88. The number of halogens is 4. The zero-order valence-corrected chi connectivity index (χ0v) is 20.9. The van der Waals surface area contributed by atoms with E-state index in [0.717, 1.165) is 30.2 Å². The number of aryl methyl sites for hydroxylation is 1. The molecule has 0 radical (unpaired) electrons. The number of carbonyl (C=O) groups excluding carboxylic acids is 2. The Kier molecular flexibility index (Phi) is 8.22. The van der Waals surface area contributed by atoms with Crippen LogP contribution >= 0.6 is 11.8 Å². The summed E-state index contributed by atoms with van der Waals surface area (Å²) in [5.41, 5.74) is 0.860. The minimum Gasteiger partial charge on any atom is -0.352 e. The van der Waals surface area contributed by atoms with E-state index in [-0.39, 0.29) is 23.3 Å². The number of nitrogens with zero attached hydrogens (tertiary/aromatic N) is 1. The molecule has 1 aliphatic rings. The van der Waals surface area contributed by atoms with Crippen LogP contribution in [0.4, 0.5) is 17.6 Å². The minimum atomic E-state index is -4.49. The summed E-state index contributed by atoms with van der Waals surface area (Å²) < 4.78 is 53.1. The first kappa shape index (κ1) is 26.7. The number of nitrogens with one attached hydrogen (secondary N) is 1. The Morgan fingerprint density at radius 2 is 1.73 bits per heavy atom. The van der Waals surface area contributed by atoms with E-state index in [2.05, 4.69) is 5.32 Å². The highest BCUT2D eigenvalue weighted by molar-refractivity contribution is 7.99. The van der Waals surface area contributed by atoms with Crippen molar-refractivity contribution >= 4 is 23.6 Å². The lowest BCUT2D eigenvalue weighted by Gasteiger charge is -2.30. The number of carbonyl (C=O) groups is 2. The van der Waals surface area contributed by atoms with Gasteiger partial charge in [0.15, 0.2) is 0 Å². The van der Waals surface area contributed by atoms with Gasteiger partial charge in [-0.15, -0.1) is 11.8 Å². The van der Waals surface area contributed by atoms with Gasteiger partial charge in [0.2, 0.25) is 5.91 Å². The van der Waals surface area contributed by atoms with Gasteiger partial charge in [-0.1, -0.05) is 48.5 Å². The van der Waals surface area contributed by atoms with Crippen LogP contribution in [0.2, 0.25) is 0 Å². The molecule has 1 aliphatic heterocycles. The maximum atomic E-state index is 13.9. The Bertz CT molecular complexity index is 1230. The fourth-order valence-corrected chi connectivity index (χ4v) is 5.69. The zero-order chi connectivity index (χ0) is 26.6. The molecule has 1 heterocycles. The lowest BCUT2D eigenvalue weighted by atomic mass is 10.1. The molecule has 3 atom stereocenters. The predicted molar refractivity (Wildman–Crippen MR) is 135 cm³/mol. The van der Waals surface area contributed by atoms with Crippen molar-refractivity contribution in [2.24, 2.45) is 0 Å². The molecule has 3 aromatic carbocycles. The van der Waals surface area contributed by atoms with Crippen LogP contribution in [-0.4, -0.2) is 34.6 Å². The van der Waals surface area contributed by atoms with Gasteiger partial charge in [0.25, 0.3) is 5.91 Å². The first-order valence-electron chi connectivity index (χ1n) is 11.8. The molecule has 4 rings (SSSR count). The number of amides is 2. The molecule has 1 fully saturated rings. The average molecular weight is 531 g/mol. The summed E-state index contributed by atoms with van der Waals surface area (Å²) in [6.07, 6.45) is -3.03. The van der Waals surface area contributed by atoms with Crippen LogP contribution in [0.5, 0.6) is 0 Å². The average Bonchev–Trinajstić information content (AvgIpc) is 3.32. The first-order valence-corrected chi connectivity index (χ1v) is 12.9. The summed E-state index contributed by atoms with van der Waals surface area (Å²) in [7, 11) is 0. The van der Waals surface area contributed by atoms with Gasteiger partial charge in [-0.05, 0) is 61.2 Å². The van der Waals surface area contributed by atoms with Crippen LogP contribution < -0.4 is 5.32 Å². The second-order valence-corrected chi connectivity index (χ2v) is 10.1. The highest BCUT2D eigenvalue weighted by Gasteiger charge is 2.43. The molecule has 4 nitrogen and oxygen atoms in total. The molecule has 37 heavy (non-hydrogen) atoms. The smallest absolute Gasteiger partial charge is 0.352 e. The van der Waals surface area contributed by atoms with Crippen LogP contribution in [0, 0.1) is 5.82 Å². The highest BCUT2D eigenvalue weighted by atomic mass is 32.2. The third kappa shape index (κ3) is 6.52. The number of hydrogen-bond donors (Lipinski definition) is 1. The fourth-order valence-electron chi connectivity index (χ4n) is 4.26. The van der Waals surface area contributed by atoms with E-state index in [4.69, 9.17) is 0 Å². The predicted octanol–water partition coefficient (Wildman–Crippen LogP) is 6.24. The quantitative estimate of drug-likeness (QED) is 0.368. The second kappa shape index (κ2) is 11.4. The highest BCUT2D eigenvalue weighted by Crippen LogP contribution is 2.43. The van der Waals surface area contributed by atoms with Crippen molar-refractivity contribution in [2.75, 3.05) is 5.75 Å². The standard InChI is InChI=1S/C28H26F4N2O2S/c1-18(10-11-19-6-3-2-4-7-19)33-25(35)24-17-37-27(20-12-14-22(15-13-20)28(30,31)32)34(24)26(36)21-8-5-9-23(29)16-21/h2-9,12-16,18,24,27H,10-11,17H2,1H3,(H,33,35). The van der Waals surface area contributed by atoms with E-state index < -0.39 is 34.9 Å². The Morgan fingerprint density at radius 3 is 2.38 bits per heavy atom. The summed E-state index contributed by atoms with van der Waals surface area (Å²) in [6, 6.07) is 18.5. The minimum absolute atomic E-state index is 0.0642. The normalized spacial score (nSPS) is 18.5. The lowest BCUT2D eigenvalue weighted by Crippen LogP contribution is -2.50. The number of rotatable bonds is 7. The maximum absolute atomic E-state index is 13.9. The molecule has 9 heteroatoms. The van der Waals surface area contributed by atoms with Gasteiger partial charge in [0, 0.05) is 17.4 Å². The Morgan fingerprint density at radius 1 is 1.03 bits per heavy atom. The SMILES string of the molecule is CC(CCc1ccccc1)NC(=O)C1CSC(c2ccc(C(F)(F)F)cc2)N1C(=O)c1cccc(F)c1. The van der Waals surface area contributed by atoms with E-state index in [1.54, 1.807) is 0 Å². The molecule has 3 aromatic rings.